The highest BCUT2D eigenvalue weighted by Gasteiger charge is 2.34. The molecule has 0 radical (unpaired) electrons. The Labute approximate surface area is 129 Å². The molecule has 21 heavy (non-hydrogen) atoms. The number of amides is 1. The van der Waals surface area contributed by atoms with Gasteiger partial charge in [-0.2, -0.15) is 11.3 Å². The fourth-order valence-corrected chi connectivity index (χ4v) is 3.74. The van der Waals surface area contributed by atoms with E-state index in [-0.39, 0.29) is 5.91 Å². The van der Waals surface area contributed by atoms with Crippen molar-refractivity contribution in [3.05, 3.63) is 58.3 Å². The molecule has 1 aromatic carbocycles. The van der Waals surface area contributed by atoms with Crippen LogP contribution in [0, 0.1) is 5.92 Å². The van der Waals surface area contributed by atoms with E-state index in [1.54, 1.807) is 11.3 Å². The van der Waals surface area contributed by atoms with Crippen LogP contribution in [0.1, 0.15) is 17.0 Å². The number of hydrogen-bond donors (Lipinski definition) is 1. The first kappa shape index (κ1) is 14.3. The number of benzene rings is 1. The molecule has 1 saturated heterocycles. The van der Waals surface area contributed by atoms with E-state index in [1.165, 1.54) is 5.56 Å². The summed E-state index contributed by atoms with van der Waals surface area (Å²) in [6, 6.07) is 12.4. The van der Waals surface area contributed by atoms with E-state index in [0.717, 1.165) is 18.7 Å². The number of hydrogen-bond acceptors (Lipinski definition) is 3. The maximum absolute atomic E-state index is 12.4. The van der Waals surface area contributed by atoms with E-state index in [1.807, 2.05) is 27.8 Å². The van der Waals surface area contributed by atoms with Gasteiger partial charge in [-0.3, -0.25) is 4.79 Å². The van der Waals surface area contributed by atoms with Gasteiger partial charge in [0.1, 0.15) is 0 Å². The fourth-order valence-electron chi connectivity index (χ4n) is 3.07. The Balaban J connectivity index is 1.70. The van der Waals surface area contributed by atoms with Crippen molar-refractivity contribution in [2.24, 2.45) is 11.7 Å². The highest BCUT2D eigenvalue weighted by Crippen LogP contribution is 2.32. The molecule has 4 heteroatoms. The number of thiophene rings is 1. The first-order valence-electron chi connectivity index (χ1n) is 7.32. The molecule has 1 aliphatic rings. The third-order valence-corrected chi connectivity index (χ3v) is 4.99. The van der Waals surface area contributed by atoms with Gasteiger partial charge in [-0.05, 0) is 40.4 Å². The van der Waals surface area contributed by atoms with Gasteiger partial charge in [0.05, 0.1) is 6.42 Å². The van der Waals surface area contributed by atoms with Crippen LogP contribution in [0.3, 0.4) is 0 Å². The lowest BCUT2D eigenvalue weighted by molar-refractivity contribution is -0.129. The number of carbonyl (C=O) groups excluding carboxylic acids is 1. The van der Waals surface area contributed by atoms with E-state index in [0.29, 0.717) is 24.8 Å². The highest BCUT2D eigenvalue weighted by molar-refractivity contribution is 7.07. The largest absolute Gasteiger partial charge is 0.341 e. The molecule has 1 fully saturated rings. The molecule has 3 nitrogen and oxygen atoms in total. The summed E-state index contributed by atoms with van der Waals surface area (Å²) in [5, 5.41) is 4.06. The summed E-state index contributed by atoms with van der Waals surface area (Å²) in [5.41, 5.74) is 8.32. The molecule has 2 atom stereocenters. The van der Waals surface area contributed by atoms with Crippen LogP contribution in [0.4, 0.5) is 0 Å². The van der Waals surface area contributed by atoms with E-state index >= 15 is 0 Å². The Hall–Kier alpha value is -1.65. The molecular formula is C17H20N2OS. The lowest BCUT2D eigenvalue weighted by Crippen LogP contribution is -2.31. The third-order valence-electron chi connectivity index (χ3n) is 4.26. The van der Waals surface area contributed by atoms with Gasteiger partial charge in [0.2, 0.25) is 5.91 Å². The van der Waals surface area contributed by atoms with Gasteiger partial charge >= 0.3 is 0 Å². The van der Waals surface area contributed by atoms with Crippen molar-refractivity contribution in [2.45, 2.75) is 12.3 Å². The molecule has 2 N–H and O–H groups in total. The van der Waals surface area contributed by atoms with E-state index in [2.05, 4.69) is 24.3 Å². The van der Waals surface area contributed by atoms with E-state index < -0.39 is 0 Å². The Bertz CT molecular complexity index is 582. The van der Waals surface area contributed by atoms with Gasteiger partial charge in [-0.25, -0.2) is 0 Å². The number of carbonyl (C=O) groups is 1. The Morgan fingerprint density at radius 3 is 2.71 bits per heavy atom. The van der Waals surface area contributed by atoms with E-state index in [4.69, 9.17) is 5.73 Å². The van der Waals surface area contributed by atoms with Crippen LogP contribution in [-0.4, -0.2) is 30.4 Å². The lowest BCUT2D eigenvalue weighted by atomic mass is 9.89. The predicted octanol–water partition coefficient (Wildman–Crippen LogP) is 2.49. The standard InChI is InChI=1S/C17H20N2OS/c18-9-15-10-19(17(20)8-13-6-7-21-12-13)11-16(15)14-4-2-1-3-5-14/h1-7,12,15-16H,8-11,18H2/t15-,16+/m1/s1. The van der Waals surface area contributed by atoms with Crippen molar-refractivity contribution in [3.63, 3.8) is 0 Å². The highest BCUT2D eigenvalue weighted by atomic mass is 32.1. The summed E-state index contributed by atoms with van der Waals surface area (Å²) in [6.07, 6.45) is 0.502. The van der Waals surface area contributed by atoms with Crippen LogP contribution in [0.15, 0.2) is 47.2 Å². The van der Waals surface area contributed by atoms with E-state index in [9.17, 15) is 4.79 Å². The molecule has 0 aliphatic carbocycles. The fraction of sp³-hybridized carbons (Fsp3) is 0.353. The van der Waals surface area contributed by atoms with Crippen molar-refractivity contribution < 1.29 is 4.79 Å². The number of nitrogens with zero attached hydrogens (tertiary/aromatic N) is 1. The van der Waals surface area contributed by atoms with Crippen LogP contribution in [0.25, 0.3) is 0 Å². The van der Waals surface area contributed by atoms with Crippen molar-refractivity contribution in [3.8, 4) is 0 Å². The number of likely N-dealkylation sites (tertiary alicyclic amines) is 1. The first-order chi connectivity index (χ1) is 10.3. The van der Waals surface area contributed by atoms with Crippen LogP contribution < -0.4 is 5.73 Å². The Morgan fingerprint density at radius 1 is 1.24 bits per heavy atom. The molecule has 1 aromatic heterocycles. The molecular weight excluding hydrogens is 280 g/mol. The van der Waals surface area contributed by atoms with Gasteiger partial charge in [-0.1, -0.05) is 30.3 Å². The van der Waals surface area contributed by atoms with Crippen molar-refractivity contribution in [1.29, 1.82) is 0 Å². The average molecular weight is 300 g/mol. The monoisotopic (exact) mass is 300 g/mol. The number of rotatable bonds is 4. The minimum absolute atomic E-state index is 0.213. The quantitative estimate of drug-likeness (QED) is 0.943. The normalized spacial score (nSPS) is 21.7. The van der Waals surface area contributed by atoms with Gasteiger partial charge < -0.3 is 10.6 Å². The molecule has 0 unspecified atom stereocenters. The molecule has 3 rings (SSSR count). The Kier molecular flexibility index (Phi) is 4.36. The van der Waals surface area contributed by atoms with Gasteiger partial charge in [0.15, 0.2) is 0 Å². The second-order valence-corrected chi connectivity index (χ2v) is 6.40. The minimum atomic E-state index is 0.213. The molecule has 1 aliphatic heterocycles. The molecule has 0 saturated carbocycles. The average Bonchev–Trinajstić information content (AvgIpc) is 3.17. The zero-order chi connectivity index (χ0) is 14.7. The van der Waals surface area contributed by atoms with Crippen LogP contribution in [0.2, 0.25) is 0 Å². The molecule has 2 aromatic rings. The van der Waals surface area contributed by atoms with Gasteiger partial charge in [0, 0.05) is 19.0 Å². The summed E-state index contributed by atoms with van der Waals surface area (Å²) in [4.78, 5) is 14.4. The predicted molar refractivity (Wildman–Crippen MR) is 86.3 cm³/mol. The summed E-state index contributed by atoms with van der Waals surface area (Å²) >= 11 is 1.64. The first-order valence-corrected chi connectivity index (χ1v) is 8.26. The topological polar surface area (TPSA) is 46.3 Å². The lowest BCUT2D eigenvalue weighted by Gasteiger charge is -2.16. The Morgan fingerprint density at radius 2 is 2.05 bits per heavy atom. The zero-order valence-electron chi connectivity index (χ0n) is 11.9. The zero-order valence-corrected chi connectivity index (χ0v) is 12.8. The summed E-state index contributed by atoms with van der Waals surface area (Å²) < 4.78 is 0. The summed E-state index contributed by atoms with van der Waals surface area (Å²) in [6.45, 7) is 2.19. The van der Waals surface area contributed by atoms with Gasteiger partial charge in [0.25, 0.3) is 0 Å². The SMILES string of the molecule is NC[C@@H]1CN(C(=O)Cc2ccsc2)C[C@H]1c1ccccc1. The van der Waals surface area contributed by atoms with Crippen molar-refractivity contribution in [1.82, 2.24) is 4.90 Å². The van der Waals surface area contributed by atoms with Crippen molar-refractivity contribution >= 4 is 17.2 Å². The second kappa shape index (κ2) is 6.41. The molecule has 0 spiro atoms. The third kappa shape index (κ3) is 3.17. The van der Waals surface area contributed by atoms with Crippen LogP contribution in [-0.2, 0) is 11.2 Å². The van der Waals surface area contributed by atoms with Gasteiger partial charge in [-0.15, -0.1) is 0 Å². The van der Waals surface area contributed by atoms with Crippen LogP contribution >= 0.6 is 11.3 Å². The number of nitrogens with two attached hydrogens (primary N) is 1. The molecule has 1 amide bonds. The molecule has 110 valence electrons. The maximum atomic E-state index is 12.4. The summed E-state index contributed by atoms with van der Waals surface area (Å²) in [5.74, 6) is 0.937. The smallest absolute Gasteiger partial charge is 0.227 e. The van der Waals surface area contributed by atoms with Crippen molar-refractivity contribution in [2.75, 3.05) is 19.6 Å². The summed E-state index contributed by atoms with van der Waals surface area (Å²) in [7, 11) is 0. The minimum Gasteiger partial charge on any atom is -0.341 e. The second-order valence-electron chi connectivity index (χ2n) is 5.62. The van der Waals surface area contributed by atoms with Crippen LogP contribution in [0.5, 0.6) is 0 Å². The molecule has 0 bridgehead atoms. The maximum Gasteiger partial charge on any atom is 0.227 e. The molecule has 2 heterocycles.